The van der Waals surface area contributed by atoms with E-state index in [9.17, 15) is 18.0 Å². The van der Waals surface area contributed by atoms with Crippen molar-refractivity contribution in [3.05, 3.63) is 78.0 Å². The van der Waals surface area contributed by atoms with Crippen LogP contribution in [-0.2, 0) is 16.7 Å². The summed E-state index contributed by atoms with van der Waals surface area (Å²) in [5, 5.41) is 3.45. The second-order valence-electron chi connectivity index (χ2n) is 7.94. The van der Waals surface area contributed by atoms with Gasteiger partial charge in [0.1, 0.15) is 17.3 Å². The first-order valence-corrected chi connectivity index (χ1v) is 12.4. The van der Waals surface area contributed by atoms with Crippen molar-refractivity contribution in [3.63, 3.8) is 0 Å². The van der Waals surface area contributed by atoms with Gasteiger partial charge in [0, 0.05) is 11.9 Å². The number of alkyl halides is 3. The van der Waals surface area contributed by atoms with Crippen molar-refractivity contribution in [1.82, 2.24) is 14.5 Å². The first-order chi connectivity index (χ1) is 17.3. The van der Waals surface area contributed by atoms with E-state index in [-0.39, 0.29) is 11.7 Å². The molecule has 0 radical (unpaired) electrons. The molecule has 0 saturated heterocycles. The zero-order valence-corrected chi connectivity index (χ0v) is 20.6. The highest BCUT2D eigenvalue weighted by Gasteiger charge is 2.30. The summed E-state index contributed by atoms with van der Waals surface area (Å²) in [5.74, 6) is 0.546. The van der Waals surface area contributed by atoms with Gasteiger partial charge in [-0.1, -0.05) is 49.0 Å². The summed E-state index contributed by atoms with van der Waals surface area (Å²) < 4.78 is 46.8. The minimum Gasteiger partial charge on any atom is -0.492 e. The fourth-order valence-electron chi connectivity index (χ4n) is 3.83. The van der Waals surface area contributed by atoms with Crippen LogP contribution >= 0.6 is 11.8 Å². The van der Waals surface area contributed by atoms with Crippen LogP contribution in [0.4, 0.5) is 18.9 Å². The third kappa shape index (κ3) is 5.64. The van der Waals surface area contributed by atoms with E-state index in [1.165, 1.54) is 17.8 Å². The molecule has 1 N–H and O–H groups in total. The second kappa shape index (κ2) is 11.0. The Bertz CT molecular complexity index is 1360. The van der Waals surface area contributed by atoms with Crippen LogP contribution in [0, 0.1) is 0 Å². The summed E-state index contributed by atoms with van der Waals surface area (Å²) in [7, 11) is 0. The maximum Gasteiger partial charge on any atom is 0.416 e. The maximum absolute atomic E-state index is 13.4. The Kier molecular flexibility index (Phi) is 7.83. The maximum atomic E-state index is 13.4. The number of benzene rings is 2. The van der Waals surface area contributed by atoms with Gasteiger partial charge in [0.25, 0.3) is 0 Å². The number of amides is 1. The summed E-state index contributed by atoms with van der Waals surface area (Å²) in [5.41, 5.74) is 1.49. The number of nitrogens with one attached hydrogen (secondary N) is 1. The number of hydrogen-bond acceptors (Lipinski definition) is 5. The number of para-hydroxylation sites is 2. The molecule has 2 heterocycles. The number of hydrogen-bond donors (Lipinski definition) is 1. The van der Waals surface area contributed by atoms with Crippen LogP contribution in [0.15, 0.2) is 72.0 Å². The van der Waals surface area contributed by atoms with E-state index < -0.39 is 17.8 Å². The minimum atomic E-state index is -4.42. The average Bonchev–Trinajstić information content (AvgIpc) is 3.22. The van der Waals surface area contributed by atoms with E-state index in [1.54, 1.807) is 41.1 Å². The van der Waals surface area contributed by atoms with E-state index in [1.807, 2.05) is 26.0 Å². The van der Waals surface area contributed by atoms with Crippen molar-refractivity contribution in [1.29, 1.82) is 0 Å². The monoisotopic (exact) mass is 514 g/mol. The predicted molar refractivity (Wildman–Crippen MR) is 134 cm³/mol. The third-order valence-corrected chi connectivity index (χ3v) is 6.51. The Morgan fingerprint density at radius 2 is 1.92 bits per heavy atom. The zero-order chi connectivity index (χ0) is 25.7. The Hall–Kier alpha value is -3.53. The molecule has 2 aromatic carbocycles. The second-order valence-corrected chi connectivity index (χ2v) is 8.88. The highest BCUT2D eigenvalue weighted by molar-refractivity contribution is 7.98. The summed E-state index contributed by atoms with van der Waals surface area (Å²) in [6.07, 6.45) is -2.35. The van der Waals surface area contributed by atoms with Crippen LogP contribution in [0.1, 0.15) is 37.4 Å². The van der Waals surface area contributed by atoms with Crippen LogP contribution in [0.2, 0.25) is 0 Å². The van der Waals surface area contributed by atoms with Gasteiger partial charge in [-0.15, -0.1) is 0 Å². The Balaban J connectivity index is 1.65. The van der Waals surface area contributed by atoms with Gasteiger partial charge in [0.2, 0.25) is 5.91 Å². The molecule has 0 saturated carbocycles. The molecular weight excluding hydrogens is 489 g/mol. The molecule has 0 spiro atoms. The quantitative estimate of drug-likeness (QED) is 0.251. The van der Waals surface area contributed by atoms with Gasteiger partial charge < -0.3 is 10.1 Å². The Morgan fingerprint density at radius 3 is 2.67 bits per heavy atom. The predicted octanol–water partition coefficient (Wildman–Crippen LogP) is 6.73. The van der Waals surface area contributed by atoms with E-state index in [0.717, 1.165) is 12.1 Å². The number of rotatable bonds is 9. The molecule has 0 fully saturated rings. The first kappa shape index (κ1) is 25.6. The van der Waals surface area contributed by atoms with Crippen molar-refractivity contribution in [2.75, 3.05) is 11.9 Å². The SMILES string of the molecule is CCOc1ccccc1NC(=O)[C@H](CC)n1c(SCc2cccc(C(F)(F)F)c2)nc2cccnc21. The topological polar surface area (TPSA) is 69.0 Å². The number of thioether (sulfide) groups is 1. The Labute approximate surface area is 210 Å². The van der Waals surface area contributed by atoms with Crippen molar-refractivity contribution < 1.29 is 22.7 Å². The molecule has 36 heavy (non-hydrogen) atoms. The molecule has 0 bridgehead atoms. The van der Waals surface area contributed by atoms with Gasteiger partial charge in [-0.3, -0.25) is 9.36 Å². The van der Waals surface area contributed by atoms with Crippen molar-refractivity contribution >= 4 is 34.5 Å². The van der Waals surface area contributed by atoms with Gasteiger partial charge >= 0.3 is 6.18 Å². The standard InChI is InChI=1S/C26H25F3N4O2S/c1-3-21(24(34)31-19-11-5-6-13-22(19)35-4-2)33-23-20(12-8-14-30-23)32-25(33)36-16-17-9-7-10-18(15-17)26(27,28)29/h5-15,21H,3-4,16H2,1-2H3,(H,31,34)/t21-/m0/s1. The summed E-state index contributed by atoms with van der Waals surface area (Å²) in [6, 6.07) is 15.3. The van der Waals surface area contributed by atoms with Crippen LogP contribution in [0.5, 0.6) is 5.75 Å². The van der Waals surface area contributed by atoms with Gasteiger partial charge in [0.15, 0.2) is 10.8 Å². The van der Waals surface area contributed by atoms with Crippen molar-refractivity contribution in [2.45, 2.75) is 43.4 Å². The van der Waals surface area contributed by atoms with E-state index in [0.29, 0.717) is 46.3 Å². The number of ether oxygens (including phenoxy) is 1. The molecule has 0 aliphatic carbocycles. The summed E-state index contributed by atoms with van der Waals surface area (Å²) in [4.78, 5) is 22.5. The number of aromatic nitrogens is 3. The molecule has 4 rings (SSSR count). The van der Waals surface area contributed by atoms with E-state index in [2.05, 4.69) is 15.3 Å². The van der Waals surface area contributed by atoms with Crippen LogP contribution in [-0.4, -0.2) is 27.0 Å². The van der Waals surface area contributed by atoms with Crippen molar-refractivity contribution in [2.24, 2.45) is 0 Å². The van der Waals surface area contributed by atoms with Crippen LogP contribution < -0.4 is 10.1 Å². The molecule has 1 atom stereocenters. The molecule has 1 amide bonds. The lowest BCUT2D eigenvalue weighted by Crippen LogP contribution is -2.26. The summed E-state index contributed by atoms with van der Waals surface area (Å²) >= 11 is 1.26. The molecule has 10 heteroatoms. The molecule has 188 valence electrons. The fraction of sp³-hybridized carbons (Fsp3) is 0.269. The normalized spacial score (nSPS) is 12.5. The fourth-order valence-corrected chi connectivity index (χ4v) is 4.82. The van der Waals surface area contributed by atoms with Crippen LogP contribution in [0.3, 0.4) is 0 Å². The average molecular weight is 515 g/mol. The lowest BCUT2D eigenvalue weighted by atomic mass is 10.1. The highest BCUT2D eigenvalue weighted by atomic mass is 32.2. The highest BCUT2D eigenvalue weighted by Crippen LogP contribution is 2.34. The Morgan fingerprint density at radius 1 is 1.11 bits per heavy atom. The number of nitrogens with zero attached hydrogens (tertiary/aromatic N) is 3. The number of pyridine rings is 1. The molecule has 0 aliphatic heterocycles. The number of carbonyl (C=O) groups excluding carboxylic acids is 1. The van der Waals surface area contributed by atoms with Gasteiger partial charge in [-0.05, 0) is 49.2 Å². The smallest absolute Gasteiger partial charge is 0.416 e. The number of anilines is 1. The van der Waals surface area contributed by atoms with Gasteiger partial charge in [0.05, 0.1) is 17.9 Å². The minimum absolute atomic E-state index is 0.248. The first-order valence-electron chi connectivity index (χ1n) is 11.5. The molecule has 6 nitrogen and oxygen atoms in total. The number of carbonyl (C=O) groups is 1. The molecule has 0 unspecified atom stereocenters. The third-order valence-electron chi connectivity index (χ3n) is 5.48. The molecule has 0 aliphatic rings. The lowest BCUT2D eigenvalue weighted by Gasteiger charge is -2.20. The molecular formula is C26H25F3N4O2S. The van der Waals surface area contributed by atoms with Crippen LogP contribution in [0.25, 0.3) is 11.2 Å². The van der Waals surface area contributed by atoms with Gasteiger partial charge in [-0.25, -0.2) is 9.97 Å². The van der Waals surface area contributed by atoms with E-state index >= 15 is 0 Å². The lowest BCUT2D eigenvalue weighted by molar-refractivity contribution is -0.137. The summed E-state index contributed by atoms with van der Waals surface area (Å²) in [6.45, 7) is 4.20. The van der Waals surface area contributed by atoms with E-state index in [4.69, 9.17) is 4.74 Å². The molecule has 4 aromatic rings. The molecule has 2 aromatic heterocycles. The van der Waals surface area contributed by atoms with Gasteiger partial charge in [-0.2, -0.15) is 13.2 Å². The largest absolute Gasteiger partial charge is 0.492 e. The van der Waals surface area contributed by atoms with Crippen molar-refractivity contribution in [3.8, 4) is 5.75 Å². The number of imidazole rings is 1. The number of halogens is 3. The zero-order valence-electron chi connectivity index (χ0n) is 19.7. The number of fused-ring (bicyclic) bond motifs is 1.